The van der Waals surface area contributed by atoms with Gasteiger partial charge in [-0.2, -0.15) is 0 Å². The van der Waals surface area contributed by atoms with Crippen molar-refractivity contribution in [2.45, 2.75) is 84.1 Å². The van der Waals surface area contributed by atoms with Gasteiger partial charge in [0.1, 0.15) is 17.4 Å². The van der Waals surface area contributed by atoms with Crippen LogP contribution < -0.4 is 10.6 Å². The number of hydrogen-bond donors (Lipinski definition) is 3. The molecule has 1 rings (SSSR count). The van der Waals surface area contributed by atoms with Crippen molar-refractivity contribution in [1.29, 1.82) is 0 Å². The number of nitrogens with one attached hydrogen (secondary N) is 2. The summed E-state index contributed by atoms with van der Waals surface area (Å²) in [5.41, 5.74) is -1.88. The van der Waals surface area contributed by atoms with E-state index < -0.39 is 66.0 Å². The average Bonchev–Trinajstić information content (AvgIpc) is 2.83. The molecule has 11 nitrogen and oxygen atoms in total. The lowest BCUT2D eigenvalue weighted by Gasteiger charge is -2.34. The Balaban J connectivity index is 2.86. The fourth-order valence-electron chi connectivity index (χ4n) is 3.10. The second-order valence-corrected chi connectivity index (χ2v) is 8.59. The molecule has 1 heterocycles. The maximum absolute atomic E-state index is 12.8. The molecule has 3 amide bonds. The van der Waals surface area contributed by atoms with Crippen molar-refractivity contribution < 1.29 is 38.5 Å². The van der Waals surface area contributed by atoms with Crippen molar-refractivity contribution in [3.8, 4) is 0 Å². The molecule has 0 saturated carbocycles. The number of carbonyl (C=O) groups is 4. The first-order valence-corrected chi connectivity index (χ1v) is 9.64. The standard InChI is InChI=1S/C19H33N3O8/c1-10(23)13(16(26)28-8)21-12(24)9-20-15(25)14-11(2)29-19(6,7)22(14)17(27)30-18(3,4)5/h10-11,13-14,23H,9H2,1-8H3,(H,20,25)(H,21,24)/t10-,11-,13+,14+/m1/s1. The predicted molar refractivity (Wildman–Crippen MR) is 105 cm³/mol. The molecule has 4 atom stereocenters. The van der Waals surface area contributed by atoms with E-state index in [2.05, 4.69) is 15.4 Å². The van der Waals surface area contributed by atoms with Crippen LogP contribution in [0.3, 0.4) is 0 Å². The van der Waals surface area contributed by atoms with E-state index in [0.717, 1.165) is 7.11 Å². The highest BCUT2D eigenvalue weighted by molar-refractivity contribution is 5.92. The highest BCUT2D eigenvalue weighted by Gasteiger charge is 2.52. The quantitative estimate of drug-likeness (QED) is 0.495. The lowest BCUT2D eigenvalue weighted by atomic mass is 10.1. The summed E-state index contributed by atoms with van der Waals surface area (Å²) in [6, 6.07) is -2.30. The van der Waals surface area contributed by atoms with Gasteiger partial charge in [-0.25, -0.2) is 9.59 Å². The van der Waals surface area contributed by atoms with E-state index in [1.54, 1.807) is 41.5 Å². The number of methoxy groups -OCH3 is 1. The number of amides is 3. The molecule has 3 N–H and O–H groups in total. The molecule has 0 spiro atoms. The Kier molecular flexibility index (Phi) is 8.21. The van der Waals surface area contributed by atoms with Crippen molar-refractivity contribution >= 4 is 23.9 Å². The fraction of sp³-hybridized carbons (Fsp3) is 0.789. The monoisotopic (exact) mass is 431 g/mol. The first-order chi connectivity index (χ1) is 13.6. The molecule has 1 fully saturated rings. The lowest BCUT2D eigenvalue weighted by molar-refractivity contribution is -0.148. The molecule has 0 aliphatic carbocycles. The molecule has 1 aliphatic heterocycles. The van der Waals surface area contributed by atoms with Crippen LogP contribution in [0.2, 0.25) is 0 Å². The summed E-state index contributed by atoms with van der Waals surface area (Å²) in [6.07, 6.45) is -2.57. The van der Waals surface area contributed by atoms with Gasteiger partial charge in [0.05, 0.1) is 25.9 Å². The van der Waals surface area contributed by atoms with Gasteiger partial charge in [0.25, 0.3) is 0 Å². The van der Waals surface area contributed by atoms with Gasteiger partial charge in [-0.05, 0) is 48.5 Å². The molecule has 172 valence electrons. The molecular formula is C19H33N3O8. The third-order valence-electron chi connectivity index (χ3n) is 4.31. The molecule has 0 aromatic carbocycles. The molecule has 1 aliphatic rings. The summed E-state index contributed by atoms with van der Waals surface area (Å²) in [7, 11) is 1.13. The van der Waals surface area contributed by atoms with Crippen molar-refractivity contribution in [1.82, 2.24) is 15.5 Å². The number of hydrogen-bond acceptors (Lipinski definition) is 8. The highest BCUT2D eigenvalue weighted by Crippen LogP contribution is 2.33. The van der Waals surface area contributed by atoms with Gasteiger partial charge in [-0.1, -0.05) is 0 Å². The summed E-state index contributed by atoms with van der Waals surface area (Å²) in [5, 5.41) is 14.3. The SMILES string of the molecule is COC(=O)[C@@H](NC(=O)CNC(=O)[C@@H]1[C@@H](C)OC(C)(C)N1C(=O)OC(C)(C)C)[C@@H](C)O. The number of carbonyl (C=O) groups excluding carboxylic acids is 4. The number of ether oxygens (including phenoxy) is 3. The molecule has 0 bridgehead atoms. The third-order valence-corrected chi connectivity index (χ3v) is 4.31. The zero-order valence-corrected chi connectivity index (χ0v) is 18.8. The van der Waals surface area contributed by atoms with Crippen LogP contribution >= 0.6 is 0 Å². The fourth-order valence-corrected chi connectivity index (χ4v) is 3.10. The minimum atomic E-state index is -1.27. The largest absolute Gasteiger partial charge is 0.467 e. The van der Waals surface area contributed by atoms with Gasteiger partial charge in [-0.15, -0.1) is 0 Å². The van der Waals surface area contributed by atoms with Gasteiger partial charge >= 0.3 is 12.1 Å². The average molecular weight is 431 g/mol. The molecule has 0 unspecified atom stereocenters. The lowest BCUT2D eigenvalue weighted by Crippen LogP contribution is -2.57. The van der Waals surface area contributed by atoms with Crippen molar-refractivity contribution in [2.24, 2.45) is 0 Å². The van der Waals surface area contributed by atoms with Crippen LogP contribution in [0.15, 0.2) is 0 Å². The Labute approximate surface area is 176 Å². The van der Waals surface area contributed by atoms with Gasteiger partial charge in [0.2, 0.25) is 11.8 Å². The molecule has 0 radical (unpaired) electrons. The topological polar surface area (TPSA) is 144 Å². The summed E-state index contributed by atoms with van der Waals surface area (Å²) in [4.78, 5) is 50.4. The molecule has 0 aromatic rings. The zero-order chi connectivity index (χ0) is 23.4. The first-order valence-electron chi connectivity index (χ1n) is 9.64. The van der Waals surface area contributed by atoms with Crippen LogP contribution in [0.1, 0.15) is 48.5 Å². The van der Waals surface area contributed by atoms with Gasteiger partial charge < -0.3 is 30.0 Å². The zero-order valence-electron chi connectivity index (χ0n) is 18.8. The number of esters is 1. The molecule has 11 heteroatoms. The van der Waals surface area contributed by atoms with Crippen LogP contribution in [0.5, 0.6) is 0 Å². The van der Waals surface area contributed by atoms with Crippen molar-refractivity contribution in [2.75, 3.05) is 13.7 Å². The van der Waals surface area contributed by atoms with E-state index in [4.69, 9.17) is 9.47 Å². The summed E-state index contributed by atoms with van der Waals surface area (Å²) in [5.74, 6) is -2.16. The Morgan fingerprint density at radius 2 is 1.80 bits per heavy atom. The number of aliphatic hydroxyl groups excluding tert-OH is 1. The molecule has 0 aromatic heterocycles. The Morgan fingerprint density at radius 1 is 1.23 bits per heavy atom. The van der Waals surface area contributed by atoms with E-state index in [-0.39, 0.29) is 0 Å². The summed E-state index contributed by atoms with van der Waals surface area (Å²) in [6.45, 7) is 10.9. The van der Waals surface area contributed by atoms with Crippen LogP contribution in [-0.4, -0.2) is 83.2 Å². The Hall–Kier alpha value is -2.40. The third kappa shape index (κ3) is 6.56. The molecule has 30 heavy (non-hydrogen) atoms. The first kappa shape index (κ1) is 25.6. The van der Waals surface area contributed by atoms with E-state index in [1.165, 1.54) is 11.8 Å². The molecule has 1 saturated heterocycles. The minimum absolute atomic E-state index is 0.481. The van der Waals surface area contributed by atoms with Crippen LogP contribution in [0.4, 0.5) is 4.79 Å². The van der Waals surface area contributed by atoms with Gasteiger partial charge in [-0.3, -0.25) is 14.5 Å². The van der Waals surface area contributed by atoms with Gasteiger partial charge in [0.15, 0.2) is 6.04 Å². The van der Waals surface area contributed by atoms with E-state index >= 15 is 0 Å². The van der Waals surface area contributed by atoms with Crippen molar-refractivity contribution in [3.05, 3.63) is 0 Å². The number of nitrogens with zero attached hydrogens (tertiary/aromatic N) is 1. The smallest absolute Gasteiger partial charge is 0.413 e. The van der Waals surface area contributed by atoms with Crippen LogP contribution in [0, 0.1) is 0 Å². The maximum atomic E-state index is 12.8. The predicted octanol–water partition coefficient (Wildman–Crippen LogP) is -0.0983. The van der Waals surface area contributed by atoms with Crippen molar-refractivity contribution in [3.63, 3.8) is 0 Å². The highest BCUT2D eigenvalue weighted by atomic mass is 16.6. The van der Waals surface area contributed by atoms with Gasteiger partial charge in [0, 0.05) is 0 Å². The van der Waals surface area contributed by atoms with E-state index in [9.17, 15) is 24.3 Å². The second kappa shape index (κ2) is 9.61. The normalized spacial score (nSPS) is 22.6. The molecular weight excluding hydrogens is 398 g/mol. The Morgan fingerprint density at radius 3 is 2.27 bits per heavy atom. The van der Waals surface area contributed by atoms with E-state index in [1.807, 2.05) is 0 Å². The van der Waals surface area contributed by atoms with E-state index in [0.29, 0.717) is 0 Å². The second-order valence-electron chi connectivity index (χ2n) is 8.59. The van der Waals surface area contributed by atoms with Crippen LogP contribution in [-0.2, 0) is 28.6 Å². The summed E-state index contributed by atoms with van der Waals surface area (Å²) < 4.78 is 15.7. The number of aliphatic hydroxyl groups is 1. The number of rotatable bonds is 6. The summed E-state index contributed by atoms with van der Waals surface area (Å²) >= 11 is 0. The van der Waals surface area contributed by atoms with Crippen LogP contribution in [0.25, 0.3) is 0 Å². The Bertz CT molecular complexity index is 671. The minimum Gasteiger partial charge on any atom is -0.467 e. The maximum Gasteiger partial charge on any atom is 0.413 e.